The van der Waals surface area contributed by atoms with Crippen LogP contribution in [-0.4, -0.2) is 9.97 Å². The fraction of sp³-hybridized carbons (Fsp3) is 0.167. The number of benzene rings is 1. The van der Waals surface area contributed by atoms with Crippen molar-refractivity contribution in [1.29, 1.82) is 0 Å². The maximum Gasteiger partial charge on any atom is 0.147 e. The molecule has 0 amide bonds. The predicted molar refractivity (Wildman–Crippen MR) is 75.5 cm³/mol. The molecule has 0 aliphatic heterocycles. The number of halogens is 2. The molecule has 0 spiro atoms. The summed E-state index contributed by atoms with van der Waals surface area (Å²) < 4.78 is 0.764. The first-order valence-corrected chi connectivity index (χ1v) is 7.17. The van der Waals surface area contributed by atoms with Crippen LogP contribution < -0.4 is 0 Å². The summed E-state index contributed by atoms with van der Waals surface area (Å²) >= 11 is 11.0. The van der Waals surface area contributed by atoms with E-state index in [1.165, 1.54) is 17.5 Å². The van der Waals surface area contributed by atoms with Gasteiger partial charge in [-0.25, -0.2) is 9.97 Å². The van der Waals surface area contributed by atoms with Crippen LogP contribution in [0.5, 0.6) is 0 Å². The SMILES string of the molecule is Cc1ccccc1CSc1ncnc(Cl)c1Br. The van der Waals surface area contributed by atoms with Crippen LogP contribution in [0.3, 0.4) is 0 Å². The average Bonchev–Trinajstić information content (AvgIpc) is 2.33. The molecule has 2 rings (SSSR count). The van der Waals surface area contributed by atoms with Crippen LogP contribution in [-0.2, 0) is 5.75 Å². The first-order valence-electron chi connectivity index (χ1n) is 5.02. The number of hydrogen-bond acceptors (Lipinski definition) is 3. The lowest BCUT2D eigenvalue weighted by Crippen LogP contribution is -1.89. The molecule has 0 aliphatic carbocycles. The van der Waals surface area contributed by atoms with Crippen LogP contribution in [0.15, 0.2) is 40.1 Å². The van der Waals surface area contributed by atoms with E-state index >= 15 is 0 Å². The van der Waals surface area contributed by atoms with Gasteiger partial charge >= 0.3 is 0 Å². The van der Waals surface area contributed by atoms with Gasteiger partial charge in [0.15, 0.2) is 0 Å². The van der Waals surface area contributed by atoms with Crippen LogP contribution in [0.25, 0.3) is 0 Å². The molecule has 0 fully saturated rings. The molecule has 1 aromatic carbocycles. The molecule has 17 heavy (non-hydrogen) atoms. The molecule has 88 valence electrons. The van der Waals surface area contributed by atoms with Gasteiger partial charge in [0.1, 0.15) is 16.5 Å². The van der Waals surface area contributed by atoms with Gasteiger partial charge in [0.25, 0.3) is 0 Å². The molecule has 2 nitrogen and oxygen atoms in total. The molecule has 0 bridgehead atoms. The Balaban J connectivity index is 2.13. The Morgan fingerprint density at radius 1 is 1.29 bits per heavy atom. The average molecular weight is 330 g/mol. The smallest absolute Gasteiger partial charge is 0.147 e. The van der Waals surface area contributed by atoms with Crippen LogP contribution in [0.2, 0.25) is 5.15 Å². The largest absolute Gasteiger partial charge is 0.229 e. The normalized spacial score (nSPS) is 10.5. The summed E-state index contributed by atoms with van der Waals surface area (Å²) in [7, 11) is 0. The third kappa shape index (κ3) is 3.21. The minimum absolute atomic E-state index is 0.451. The van der Waals surface area contributed by atoms with Crippen molar-refractivity contribution in [3.63, 3.8) is 0 Å². The third-order valence-electron chi connectivity index (χ3n) is 2.34. The molecule has 0 saturated heterocycles. The molecule has 0 unspecified atom stereocenters. The summed E-state index contributed by atoms with van der Waals surface area (Å²) in [6.45, 7) is 2.11. The maximum atomic E-state index is 5.92. The van der Waals surface area contributed by atoms with E-state index in [9.17, 15) is 0 Å². The molecule has 0 saturated carbocycles. The number of aryl methyl sites for hydroxylation is 1. The molecule has 0 atom stereocenters. The van der Waals surface area contributed by atoms with Crippen molar-refractivity contribution in [2.24, 2.45) is 0 Å². The van der Waals surface area contributed by atoms with Crippen molar-refractivity contribution in [3.8, 4) is 0 Å². The molecule has 1 heterocycles. The zero-order chi connectivity index (χ0) is 12.3. The highest BCUT2D eigenvalue weighted by Crippen LogP contribution is 2.32. The Hall–Kier alpha value is -0.580. The Labute approximate surface area is 118 Å². The Bertz CT molecular complexity index is 534. The van der Waals surface area contributed by atoms with Crippen LogP contribution in [0.1, 0.15) is 11.1 Å². The first kappa shape index (κ1) is 12.9. The lowest BCUT2D eigenvalue weighted by atomic mass is 10.1. The molecule has 1 aromatic heterocycles. The van der Waals surface area contributed by atoms with E-state index in [0.717, 1.165) is 15.3 Å². The molecular weight excluding hydrogens is 320 g/mol. The van der Waals surface area contributed by atoms with Crippen molar-refractivity contribution in [2.75, 3.05) is 0 Å². The van der Waals surface area contributed by atoms with Gasteiger partial charge in [-0.1, -0.05) is 35.9 Å². The van der Waals surface area contributed by atoms with Gasteiger partial charge in [0, 0.05) is 5.75 Å². The van der Waals surface area contributed by atoms with Crippen molar-refractivity contribution < 1.29 is 0 Å². The number of aromatic nitrogens is 2. The molecule has 0 aliphatic rings. The number of thioether (sulfide) groups is 1. The van der Waals surface area contributed by atoms with Gasteiger partial charge in [-0.2, -0.15) is 0 Å². The van der Waals surface area contributed by atoms with E-state index in [1.807, 2.05) is 12.1 Å². The highest BCUT2D eigenvalue weighted by Gasteiger charge is 2.08. The lowest BCUT2D eigenvalue weighted by molar-refractivity contribution is 1.02. The van der Waals surface area contributed by atoms with Crippen LogP contribution in [0, 0.1) is 6.92 Å². The topological polar surface area (TPSA) is 25.8 Å². The van der Waals surface area contributed by atoms with Gasteiger partial charge in [-0.15, -0.1) is 11.8 Å². The van der Waals surface area contributed by atoms with Gasteiger partial charge in [0.05, 0.1) is 4.47 Å². The van der Waals surface area contributed by atoms with Crippen LogP contribution >= 0.6 is 39.3 Å². The second-order valence-electron chi connectivity index (χ2n) is 3.50. The first-order chi connectivity index (χ1) is 8.18. The number of rotatable bonds is 3. The molecule has 5 heteroatoms. The predicted octanol–water partition coefficient (Wildman–Crippen LogP) is 4.49. The Kier molecular flexibility index (Phi) is 4.42. The lowest BCUT2D eigenvalue weighted by Gasteiger charge is -2.06. The summed E-state index contributed by atoms with van der Waals surface area (Å²) in [4.78, 5) is 8.11. The van der Waals surface area contributed by atoms with E-state index < -0.39 is 0 Å². The molecular formula is C12H10BrClN2S. The van der Waals surface area contributed by atoms with Gasteiger partial charge < -0.3 is 0 Å². The van der Waals surface area contributed by atoms with Gasteiger partial charge in [0.2, 0.25) is 0 Å². The molecule has 2 aromatic rings. The van der Waals surface area contributed by atoms with Crippen molar-refractivity contribution in [1.82, 2.24) is 9.97 Å². The monoisotopic (exact) mass is 328 g/mol. The van der Waals surface area contributed by atoms with Gasteiger partial charge in [-0.3, -0.25) is 0 Å². The minimum atomic E-state index is 0.451. The standard InChI is InChI=1S/C12H10BrClN2S/c1-8-4-2-3-5-9(8)6-17-12-10(13)11(14)15-7-16-12/h2-5,7H,6H2,1H3. The minimum Gasteiger partial charge on any atom is -0.229 e. The number of nitrogens with zero attached hydrogens (tertiary/aromatic N) is 2. The van der Waals surface area contributed by atoms with Crippen molar-refractivity contribution in [2.45, 2.75) is 17.7 Å². The Morgan fingerprint density at radius 2 is 2.06 bits per heavy atom. The quantitative estimate of drug-likeness (QED) is 0.613. The van der Waals surface area contributed by atoms with Crippen molar-refractivity contribution >= 4 is 39.3 Å². The zero-order valence-corrected chi connectivity index (χ0v) is 12.3. The van der Waals surface area contributed by atoms with E-state index in [2.05, 4.69) is 45.0 Å². The van der Waals surface area contributed by atoms with Crippen LogP contribution in [0.4, 0.5) is 0 Å². The second-order valence-corrected chi connectivity index (χ2v) is 5.61. The summed E-state index contributed by atoms with van der Waals surface area (Å²) in [6, 6.07) is 8.32. The van der Waals surface area contributed by atoms with E-state index in [0.29, 0.717) is 5.15 Å². The van der Waals surface area contributed by atoms with E-state index in [1.54, 1.807) is 11.8 Å². The number of hydrogen-bond donors (Lipinski definition) is 0. The fourth-order valence-corrected chi connectivity index (χ4v) is 3.05. The summed E-state index contributed by atoms with van der Waals surface area (Å²) in [6.07, 6.45) is 1.48. The van der Waals surface area contributed by atoms with Gasteiger partial charge in [-0.05, 0) is 34.0 Å². The molecule has 0 radical (unpaired) electrons. The third-order valence-corrected chi connectivity index (χ3v) is 4.91. The highest BCUT2D eigenvalue weighted by molar-refractivity contribution is 9.10. The summed E-state index contributed by atoms with van der Waals surface area (Å²) in [5.41, 5.74) is 2.59. The fourth-order valence-electron chi connectivity index (χ4n) is 1.35. The zero-order valence-electron chi connectivity index (χ0n) is 9.15. The second kappa shape index (κ2) is 5.85. The van der Waals surface area contributed by atoms with Crippen molar-refractivity contribution in [3.05, 3.63) is 51.3 Å². The Morgan fingerprint density at radius 3 is 2.82 bits per heavy atom. The summed E-state index contributed by atoms with van der Waals surface area (Å²) in [5, 5.41) is 1.32. The molecule has 0 N–H and O–H groups in total. The van der Waals surface area contributed by atoms with E-state index in [-0.39, 0.29) is 0 Å². The van der Waals surface area contributed by atoms with E-state index in [4.69, 9.17) is 11.6 Å². The highest BCUT2D eigenvalue weighted by atomic mass is 79.9. The summed E-state index contributed by atoms with van der Waals surface area (Å²) in [5.74, 6) is 0.874. The maximum absolute atomic E-state index is 5.92.